The second kappa shape index (κ2) is 6.24. The molecule has 1 heterocycles. The van der Waals surface area contributed by atoms with Gasteiger partial charge in [-0.15, -0.1) is 0 Å². The summed E-state index contributed by atoms with van der Waals surface area (Å²) < 4.78 is 6.09. The molecule has 96 valence electrons. The number of ether oxygens (including phenoxy) is 1. The molecule has 1 aromatic heterocycles. The highest BCUT2D eigenvalue weighted by Gasteiger charge is 2.11. The summed E-state index contributed by atoms with van der Waals surface area (Å²) in [7, 11) is 1.61. The van der Waals surface area contributed by atoms with Gasteiger partial charge in [-0.25, -0.2) is 4.79 Å². The molecule has 1 rings (SSSR count). The zero-order chi connectivity index (χ0) is 12.8. The first-order valence-electron chi connectivity index (χ1n) is 5.65. The van der Waals surface area contributed by atoms with Crippen LogP contribution in [0, 0.1) is 0 Å². The van der Waals surface area contributed by atoms with Gasteiger partial charge in [0.25, 0.3) is 5.56 Å². The van der Waals surface area contributed by atoms with E-state index in [1.165, 1.54) is 4.57 Å². The van der Waals surface area contributed by atoms with E-state index in [-0.39, 0.29) is 11.4 Å². The van der Waals surface area contributed by atoms with Crippen molar-refractivity contribution in [3.63, 3.8) is 0 Å². The third-order valence-electron chi connectivity index (χ3n) is 2.60. The number of aromatic hydroxyl groups is 1. The number of aromatic nitrogens is 2. The van der Waals surface area contributed by atoms with Gasteiger partial charge in [0.1, 0.15) is 0 Å². The van der Waals surface area contributed by atoms with E-state index < -0.39 is 11.2 Å². The highest BCUT2D eigenvalue weighted by atomic mass is 16.5. The SMILES string of the molecule is CCc1c(O)n(CCCCOC)c(=O)[nH]c1=O. The lowest BCUT2D eigenvalue weighted by molar-refractivity contribution is 0.190. The van der Waals surface area contributed by atoms with Crippen molar-refractivity contribution in [3.05, 3.63) is 26.4 Å². The highest BCUT2D eigenvalue weighted by Crippen LogP contribution is 2.11. The van der Waals surface area contributed by atoms with Crippen molar-refractivity contribution < 1.29 is 9.84 Å². The normalized spacial score (nSPS) is 10.7. The van der Waals surface area contributed by atoms with Crippen molar-refractivity contribution in [3.8, 4) is 5.88 Å². The van der Waals surface area contributed by atoms with Gasteiger partial charge in [0.2, 0.25) is 5.88 Å². The van der Waals surface area contributed by atoms with E-state index in [1.54, 1.807) is 14.0 Å². The third-order valence-corrected chi connectivity index (χ3v) is 2.60. The molecule has 6 nitrogen and oxygen atoms in total. The molecule has 1 aromatic rings. The van der Waals surface area contributed by atoms with Crippen LogP contribution in [0.5, 0.6) is 5.88 Å². The summed E-state index contributed by atoms with van der Waals surface area (Å²) in [5.41, 5.74) is -0.832. The van der Waals surface area contributed by atoms with Crippen LogP contribution in [0.25, 0.3) is 0 Å². The minimum absolute atomic E-state index is 0.223. The summed E-state index contributed by atoms with van der Waals surface area (Å²) in [6.45, 7) is 2.74. The van der Waals surface area contributed by atoms with Crippen molar-refractivity contribution >= 4 is 0 Å². The van der Waals surface area contributed by atoms with E-state index in [0.29, 0.717) is 26.0 Å². The number of H-pyrrole nitrogens is 1. The van der Waals surface area contributed by atoms with Gasteiger partial charge in [-0.3, -0.25) is 14.3 Å². The van der Waals surface area contributed by atoms with E-state index in [1.807, 2.05) is 0 Å². The van der Waals surface area contributed by atoms with Crippen LogP contribution in [0.15, 0.2) is 9.59 Å². The first kappa shape index (κ1) is 13.5. The van der Waals surface area contributed by atoms with Gasteiger partial charge in [0.05, 0.1) is 5.56 Å². The van der Waals surface area contributed by atoms with Crippen molar-refractivity contribution in [2.24, 2.45) is 0 Å². The van der Waals surface area contributed by atoms with Crippen LogP contribution in [0.3, 0.4) is 0 Å². The minimum atomic E-state index is -0.567. The maximum Gasteiger partial charge on any atom is 0.331 e. The summed E-state index contributed by atoms with van der Waals surface area (Å²) in [6, 6.07) is 0. The fraction of sp³-hybridized carbons (Fsp3) is 0.636. The molecule has 2 N–H and O–H groups in total. The largest absolute Gasteiger partial charge is 0.494 e. The Morgan fingerprint density at radius 3 is 2.65 bits per heavy atom. The summed E-state index contributed by atoms with van der Waals surface area (Å²) in [6.07, 6.45) is 1.89. The smallest absolute Gasteiger partial charge is 0.331 e. The van der Waals surface area contributed by atoms with Gasteiger partial charge in [0.15, 0.2) is 0 Å². The number of nitrogens with one attached hydrogen (secondary N) is 1. The van der Waals surface area contributed by atoms with Crippen LogP contribution in [0.2, 0.25) is 0 Å². The Balaban J connectivity index is 2.92. The Hall–Kier alpha value is -1.56. The fourth-order valence-corrected chi connectivity index (χ4v) is 1.64. The van der Waals surface area contributed by atoms with Crippen LogP contribution in [-0.2, 0) is 17.7 Å². The van der Waals surface area contributed by atoms with Crippen LogP contribution in [-0.4, -0.2) is 28.4 Å². The molecule has 0 aliphatic carbocycles. The molecule has 0 atom stereocenters. The molecule has 6 heteroatoms. The van der Waals surface area contributed by atoms with Gasteiger partial charge >= 0.3 is 5.69 Å². The topological polar surface area (TPSA) is 84.3 Å². The van der Waals surface area contributed by atoms with Crippen molar-refractivity contribution in [2.45, 2.75) is 32.7 Å². The number of unbranched alkanes of at least 4 members (excludes halogenated alkanes) is 1. The number of rotatable bonds is 6. The Morgan fingerprint density at radius 1 is 1.35 bits per heavy atom. The van der Waals surface area contributed by atoms with E-state index in [9.17, 15) is 14.7 Å². The molecule has 0 fully saturated rings. The lowest BCUT2D eigenvalue weighted by Crippen LogP contribution is -2.32. The molecule has 0 saturated carbocycles. The Bertz CT molecular complexity index is 475. The van der Waals surface area contributed by atoms with Gasteiger partial charge in [-0.2, -0.15) is 0 Å². The molecule has 0 saturated heterocycles. The van der Waals surface area contributed by atoms with E-state index >= 15 is 0 Å². The quantitative estimate of drug-likeness (QED) is 0.699. The van der Waals surface area contributed by atoms with Crippen LogP contribution in [0.4, 0.5) is 0 Å². The van der Waals surface area contributed by atoms with Crippen LogP contribution in [0.1, 0.15) is 25.3 Å². The molecule has 0 bridgehead atoms. The van der Waals surface area contributed by atoms with Crippen molar-refractivity contribution in [2.75, 3.05) is 13.7 Å². The standard InChI is InChI=1S/C11H18N2O4/c1-3-8-9(14)12-11(16)13(10(8)15)6-4-5-7-17-2/h15H,3-7H2,1-2H3,(H,12,14,16). The summed E-state index contributed by atoms with van der Waals surface area (Å²) >= 11 is 0. The average molecular weight is 242 g/mol. The lowest BCUT2D eigenvalue weighted by Gasteiger charge is -2.10. The number of aromatic amines is 1. The zero-order valence-electron chi connectivity index (χ0n) is 10.2. The molecule has 0 radical (unpaired) electrons. The van der Waals surface area contributed by atoms with E-state index in [4.69, 9.17) is 4.74 Å². The molecule has 0 amide bonds. The van der Waals surface area contributed by atoms with Crippen molar-refractivity contribution in [1.82, 2.24) is 9.55 Å². The Morgan fingerprint density at radius 2 is 2.06 bits per heavy atom. The second-order valence-corrected chi connectivity index (χ2v) is 3.77. The highest BCUT2D eigenvalue weighted by molar-refractivity contribution is 5.22. The maximum atomic E-state index is 11.5. The Labute approximate surface area is 98.9 Å². The third kappa shape index (κ3) is 3.20. The molecule has 0 unspecified atom stereocenters. The summed E-state index contributed by atoms with van der Waals surface area (Å²) in [4.78, 5) is 25.1. The predicted octanol–water partition coefficient (Wildman–Crippen LogP) is 0.231. The molecular weight excluding hydrogens is 224 g/mol. The lowest BCUT2D eigenvalue weighted by atomic mass is 10.2. The molecule has 17 heavy (non-hydrogen) atoms. The maximum absolute atomic E-state index is 11.5. The van der Waals surface area contributed by atoms with Gasteiger partial charge in [0, 0.05) is 20.3 Å². The summed E-state index contributed by atoms with van der Waals surface area (Å²) in [5, 5.41) is 9.82. The monoisotopic (exact) mass is 242 g/mol. The van der Waals surface area contributed by atoms with Crippen LogP contribution < -0.4 is 11.2 Å². The zero-order valence-corrected chi connectivity index (χ0v) is 10.2. The van der Waals surface area contributed by atoms with Gasteiger partial charge in [-0.05, 0) is 19.3 Å². The molecule has 0 spiro atoms. The van der Waals surface area contributed by atoms with E-state index in [2.05, 4.69) is 4.98 Å². The van der Waals surface area contributed by atoms with Gasteiger partial charge in [-0.1, -0.05) is 6.92 Å². The van der Waals surface area contributed by atoms with Crippen LogP contribution >= 0.6 is 0 Å². The predicted molar refractivity (Wildman–Crippen MR) is 63.5 cm³/mol. The van der Waals surface area contributed by atoms with E-state index in [0.717, 1.165) is 6.42 Å². The number of nitrogens with zero attached hydrogens (tertiary/aromatic N) is 1. The Kier molecular flexibility index (Phi) is 4.96. The first-order valence-corrected chi connectivity index (χ1v) is 5.65. The molecule has 0 aromatic carbocycles. The molecule has 0 aliphatic rings. The number of hydrogen-bond acceptors (Lipinski definition) is 4. The summed E-state index contributed by atoms with van der Waals surface area (Å²) in [5.74, 6) is -0.223. The molecule has 0 aliphatic heterocycles. The first-order chi connectivity index (χ1) is 8.11. The molecular formula is C11H18N2O4. The van der Waals surface area contributed by atoms with Gasteiger partial charge < -0.3 is 9.84 Å². The van der Waals surface area contributed by atoms with Crippen molar-refractivity contribution in [1.29, 1.82) is 0 Å². The number of hydrogen-bond donors (Lipinski definition) is 2. The number of methoxy groups -OCH3 is 1. The average Bonchev–Trinajstić information content (AvgIpc) is 2.28. The fourth-order valence-electron chi connectivity index (χ4n) is 1.64. The minimum Gasteiger partial charge on any atom is -0.494 e. The second-order valence-electron chi connectivity index (χ2n) is 3.77.